The lowest BCUT2D eigenvalue weighted by atomic mass is 9.88. The van der Waals surface area contributed by atoms with Crippen LogP contribution in [-0.4, -0.2) is 16.9 Å². The lowest BCUT2D eigenvalue weighted by molar-refractivity contribution is 0.0949. The maximum atomic E-state index is 12.3. The Morgan fingerprint density at radius 3 is 2.61 bits per heavy atom. The maximum Gasteiger partial charge on any atom is 0.254 e. The Bertz CT molecular complexity index is 558. The number of aromatic amines is 1. The minimum atomic E-state index is 0.0249. The van der Waals surface area contributed by atoms with Crippen LogP contribution in [-0.2, 0) is 12.8 Å². The molecule has 2 aliphatic rings. The predicted molar refractivity (Wildman–Crippen MR) is 73.5 cm³/mol. The standard InChI is InChI=1S/C14H18N2OS/c1-8-10-4-2-3-5-11(10)12(14(18)15-8)13(17)16-9-6-7-9/h9H,2-7H2,1H3,(H,15,18)(H,16,17). The number of rotatable bonds is 2. The molecule has 0 bridgehead atoms. The third-order valence-corrected chi connectivity index (χ3v) is 4.20. The van der Waals surface area contributed by atoms with Crippen LogP contribution < -0.4 is 5.32 Å². The summed E-state index contributed by atoms with van der Waals surface area (Å²) in [7, 11) is 0. The Morgan fingerprint density at radius 2 is 1.94 bits per heavy atom. The van der Waals surface area contributed by atoms with Gasteiger partial charge in [0.25, 0.3) is 5.91 Å². The summed E-state index contributed by atoms with van der Waals surface area (Å²) in [5.74, 6) is 0.0249. The number of aryl methyl sites for hydroxylation is 1. The van der Waals surface area contributed by atoms with Crippen molar-refractivity contribution in [2.75, 3.05) is 0 Å². The van der Waals surface area contributed by atoms with Gasteiger partial charge in [0.05, 0.1) is 5.56 Å². The number of fused-ring (bicyclic) bond motifs is 1. The van der Waals surface area contributed by atoms with Crippen molar-refractivity contribution in [2.45, 2.75) is 51.5 Å². The highest BCUT2D eigenvalue weighted by Crippen LogP contribution is 2.28. The van der Waals surface area contributed by atoms with Gasteiger partial charge in [-0.2, -0.15) is 0 Å². The highest BCUT2D eigenvalue weighted by Gasteiger charge is 2.27. The highest BCUT2D eigenvalue weighted by atomic mass is 32.1. The van der Waals surface area contributed by atoms with Crippen LogP contribution in [0.25, 0.3) is 0 Å². The molecule has 0 saturated heterocycles. The van der Waals surface area contributed by atoms with E-state index in [4.69, 9.17) is 12.2 Å². The van der Waals surface area contributed by atoms with Gasteiger partial charge in [0.15, 0.2) is 0 Å². The Labute approximate surface area is 112 Å². The van der Waals surface area contributed by atoms with E-state index in [0.717, 1.165) is 43.4 Å². The molecule has 3 nitrogen and oxygen atoms in total. The largest absolute Gasteiger partial charge is 0.349 e. The second-order valence-electron chi connectivity index (χ2n) is 5.37. The van der Waals surface area contributed by atoms with Crippen LogP contribution in [0.3, 0.4) is 0 Å². The summed E-state index contributed by atoms with van der Waals surface area (Å²) in [6, 6.07) is 0.382. The number of H-pyrrole nitrogens is 1. The fourth-order valence-electron chi connectivity index (χ4n) is 2.77. The topological polar surface area (TPSA) is 44.9 Å². The molecule has 96 valence electrons. The van der Waals surface area contributed by atoms with E-state index in [1.807, 2.05) is 0 Å². The highest BCUT2D eigenvalue weighted by molar-refractivity contribution is 7.71. The zero-order valence-corrected chi connectivity index (χ0v) is 11.5. The minimum absolute atomic E-state index is 0.0249. The van der Waals surface area contributed by atoms with E-state index in [0.29, 0.717) is 10.7 Å². The second-order valence-corrected chi connectivity index (χ2v) is 5.77. The molecule has 0 atom stereocenters. The average Bonchev–Trinajstić information content (AvgIpc) is 3.13. The first-order valence-corrected chi connectivity index (χ1v) is 7.13. The lowest BCUT2D eigenvalue weighted by Gasteiger charge is -2.21. The van der Waals surface area contributed by atoms with Crippen molar-refractivity contribution in [2.24, 2.45) is 0 Å². The molecule has 0 aliphatic heterocycles. The number of aromatic nitrogens is 1. The van der Waals surface area contributed by atoms with Gasteiger partial charge < -0.3 is 10.3 Å². The number of nitrogens with one attached hydrogen (secondary N) is 2. The van der Waals surface area contributed by atoms with Gasteiger partial charge in [-0.05, 0) is 56.6 Å². The van der Waals surface area contributed by atoms with Crippen LogP contribution in [0.5, 0.6) is 0 Å². The molecule has 1 saturated carbocycles. The zero-order valence-electron chi connectivity index (χ0n) is 10.6. The van der Waals surface area contributed by atoms with E-state index in [9.17, 15) is 4.79 Å². The summed E-state index contributed by atoms with van der Waals surface area (Å²) < 4.78 is 0.603. The van der Waals surface area contributed by atoms with Crippen LogP contribution >= 0.6 is 12.2 Å². The van der Waals surface area contributed by atoms with Crippen molar-refractivity contribution in [3.8, 4) is 0 Å². The summed E-state index contributed by atoms with van der Waals surface area (Å²) in [5.41, 5.74) is 4.38. The number of hydrogen-bond donors (Lipinski definition) is 2. The molecule has 1 heterocycles. The molecule has 1 aromatic rings. The molecule has 3 rings (SSSR count). The quantitative estimate of drug-likeness (QED) is 0.805. The molecule has 2 N–H and O–H groups in total. The maximum absolute atomic E-state index is 12.3. The molecule has 1 aromatic heterocycles. The van der Waals surface area contributed by atoms with Gasteiger partial charge in [0.2, 0.25) is 0 Å². The fraction of sp³-hybridized carbons (Fsp3) is 0.571. The van der Waals surface area contributed by atoms with Crippen LogP contribution in [0.1, 0.15) is 52.9 Å². The average molecular weight is 262 g/mol. The Balaban J connectivity index is 2.06. The molecule has 2 aliphatic carbocycles. The van der Waals surface area contributed by atoms with Crippen molar-refractivity contribution in [1.82, 2.24) is 10.3 Å². The van der Waals surface area contributed by atoms with Gasteiger partial charge in [0, 0.05) is 11.7 Å². The predicted octanol–water partition coefficient (Wildman–Crippen LogP) is 2.82. The number of carbonyl (C=O) groups excluding carboxylic acids is 1. The molecular weight excluding hydrogens is 244 g/mol. The molecule has 1 fully saturated rings. The first-order chi connectivity index (χ1) is 8.66. The summed E-state index contributed by atoms with van der Waals surface area (Å²) in [6.45, 7) is 2.06. The van der Waals surface area contributed by atoms with E-state index >= 15 is 0 Å². The molecule has 0 unspecified atom stereocenters. The van der Waals surface area contributed by atoms with Gasteiger partial charge in [-0.15, -0.1) is 0 Å². The SMILES string of the molecule is Cc1[nH]c(=S)c(C(=O)NC2CC2)c2c1CCCC2. The van der Waals surface area contributed by atoms with Crippen molar-refractivity contribution in [3.05, 3.63) is 27.0 Å². The van der Waals surface area contributed by atoms with Crippen LogP contribution in [0.15, 0.2) is 0 Å². The zero-order chi connectivity index (χ0) is 12.7. The van der Waals surface area contributed by atoms with E-state index in [-0.39, 0.29) is 5.91 Å². The Hall–Kier alpha value is -1.16. The second kappa shape index (κ2) is 4.50. The van der Waals surface area contributed by atoms with Crippen molar-refractivity contribution in [1.29, 1.82) is 0 Å². The summed E-state index contributed by atoms with van der Waals surface area (Å²) in [4.78, 5) is 15.5. The number of amides is 1. The van der Waals surface area contributed by atoms with Gasteiger partial charge in [-0.25, -0.2) is 0 Å². The minimum Gasteiger partial charge on any atom is -0.349 e. The summed E-state index contributed by atoms with van der Waals surface area (Å²) in [6.07, 6.45) is 6.64. The van der Waals surface area contributed by atoms with E-state index in [2.05, 4.69) is 17.2 Å². The van der Waals surface area contributed by atoms with Crippen molar-refractivity contribution in [3.63, 3.8) is 0 Å². The Morgan fingerprint density at radius 1 is 1.28 bits per heavy atom. The monoisotopic (exact) mass is 262 g/mol. The van der Waals surface area contributed by atoms with Crippen LogP contribution in [0.4, 0.5) is 0 Å². The summed E-state index contributed by atoms with van der Waals surface area (Å²) in [5, 5.41) is 3.05. The lowest BCUT2D eigenvalue weighted by Crippen LogP contribution is -2.28. The molecule has 1 amide bonds. The van der Waals surface area contributed by atoms with E-state index in [1.165, 1.54) is 17.5 Å². The van der Waals surface area contributed by atoms with Crippen LogP contribution in [0.2, 0.25) is 0 Å². The van der Waals surface area contributed by atoms with Crippen LogP contribution in [0, 0.1) is 11.6 Å². The number of pyridine rings is 1. The number of hydrogen-bond acceptors (Lipinski definition) is 2. The fourth-order valence-corrected chi connectivity index (χ4v) is 3.13. The smallest absolute Gasteiger partial charge is 0.254 e. The van der Waals surface area contributed by atoms with Gasteiger partial charge >= 0.3 is 0 Å². The molecule has 18 heavy (non-hydrogen) atoms. The summed E-state index contributed by atoms with van der Waals surface area (Å²) >= 11 is 5.36. The van der Waals surface area contributed by atoms with Gasteiger partial charge in [-0.3, -0.25) is 4.79 Å². The molecular formula is C14H18N2OS. The number of carbonyl (C=O) groups is 1. The van der Waals surface area contributed by atoms with Gasteiger partial charge in [0.1, 0.15) is 4.64 Å². The van der Waals surface area contributed by atoms with Crippen molar-refractivity contribution < 1.29 is 4.79 Å². The Kier molecular flexibility index (Phi) is 2.98. The first-order valence-electron chi connectivity index (χ1n) is 6.72. The van der Waals surface area contributed by atoms with E-state index < -0.39 is 0 Å². The molecule has 4 heteroatoms. The normalized spacial score (nSPS) is 18.3. The molecule has 0 radical (unpaired) electrons. The first kappa shape index (κ1) is 11.9. The van der Waals surface area contributed by atoms with E-state index in [1.54, 1.807) is 0 Å². The third-order valence-electron chi connectivity index (χ3n) is 3.89. The van der Waals surface area contributed by atoms with Gasteiger partial charge in [-0.1, -0.05) is 12.2 Å². The molecule has 0 spiro atoms. The van der Waals surface area contributed by atoms with Crippen molar-refractivity contribution >= 4 is 18.1 Å². The third kappa shape index (κ3) is 2.09. The molecule has 0 aromatic carbocycles.